The fourth-order valence-corrected chi connectivity index (χ4v) is 7.49. The van der Waals surface area contributed by atoms with Gasteiger partial charge in [-0.15, -0.1) is 0 Å². The maximum absolute atomic E-state index is 12.8. The van der Waals surface area contributed by atoms with Crippen molar-refractivity contribution in [1.29, 1.82) is 0 Å². The monoisotopic (exact) mass is 951 g/mol. The average Bonchev–Trinajstić information content (AvgIpc) is 3.29. The Morgan fingerprint density at radius 1 is 0.545 bits per heavy atom. The van der Waals surface area contributed by atoms with E-state index in [1.54, 1.807) is 6.08 Å². The van der Waals surface area contributed by atoms with Crippen LogP contribution in [0.15, 0.2) is 97.2 Å². The second-order valence-corrected chi connectivity index (χ2v) is 17.9. The van der Waals surface area contributed by atoms with Crippen LogP contribution in [0.25, 0.3) is 0 Å². The standard InChI is InChI=1S/C51H83O14P/c1-3-5-7-9-11-12-13-14-15-16-17-18-19-20-21-22-26-30-34-38-44(53)62-40-43(41-63-66(60,61)65-51-49(58)47(56)46(55)48(57)50(51)59)64-45(54)39-35-31-27-23-25-29-33-37-42(52)36-32-28-24-10-8-6-4-2/h11-12,14-15,17-18,20-21,23-24,27-29,32-33,36,42-43,46-52,55-59H,3-10,13,16,19,22,25-26,30-31,34-35,37-41H2,1-2H3,(H,60,61)/b12-11-,15-14-,18-17-,21-20-,27-23+,28-24-,33-29-,36-32-/t42-,43+,46?,47-,48+,49+,50+,51?/m0/s1. The van der Waals surface area contributed by atoms with E-state index in [4.69, 9.17) is 18.5 Å². The molecular weight excluding hydrogens is 868 g/mol. The van der Waals surface area contributed by atoms with E-state index < -0.39 is 81.8 Å². The van der Waals surface area contributed by atoms with E-state index in [2.05, 4.69) is 68.5 Å². The Kier molecular flexibility index (Phi) is 36.5. The van der Waals surface area contributed by atoms with Gasteiger partial charge in [0.15, 0.2) is 6.10 Å². The van der Waals surface area contributed by atoms with E-state index in [1.165, 1.54) is 38.5 Å². The number of aliphatic hydroxyl groups is 6. The Hall–Kier alpha value is -3.27. The molecule has 1 fully saturated rings. The van der Waals surface area contributed by atoms with Crippen molar-refractivity contribution in [3.8, 4) is 0 Å². The summed E-state index contributed by atoms with van der Waals surface area (Å²) in [6.45, 7) is 3.09. The summed E-state index contributed by atoms with van der Waals surface area (Å²) in [7, 11) is -5.17. The van der Waals surface area contributed by atoms with Crippen LogP contribution in [0.1, 0.15) is 149 Å². The fraction of sp³-hybridized carbons (Fsp3) is 0.647. The highest BCUT2D eigenvalue weighted by molar-refractivity contribution is 7.47. The third kappa shape index (κ3) is 31.7. The zero-order valence-electron chi connectivity index (χ0n) is 39.6. The number of allylic oxidation sites excluding steroid dienone is 14. The number of phosphoric acid groups is 1. The molecule has 0 aromatic carbocycles. The van der Waals surface area contributed by atoms with Crippen LogP contribution in [0, 0.1) is 0 Å². The average molecular weight is 951 g/mol. The molecule has 15 heteroatoms. The van der Waals surface area contributed by atoms with Gasteiger partial charge in [-0.05, 0) is 89.9 Å². The van der Waals surface area contributed by atoms with Gasteiger partial charge in [0.25, 0.3) is 0 Å². The molecule has 9 atom stereocenters. The minimum atomic E-state index is -5.17. The molecule has 0 aliphatic heterocycles. The van der Waals surface area contributed by atoms with Crippen LogP contribution in [0.4, 0.5) is 0 Å². The SMILES string of the molecule is CCCCC/C=C\C=C/[C@H](O)C/C=C\C/C=C/CCCC(=O)O[C@H](COC(=O)CCCCC/C=C\C/C=C\C/C=C\C/C=C\CCCCC)COP(=O)(O)OC1[C@H](O)[C@H](O)C(O)[C@H](O)[C@H]1O. The highest BCUT2D eigenvalue weighted by atomic mass is 31.2. The molecule has 3 unspecified atom stereocenters. The van der Waals surface area contributed by atoms with Gasteiger partial charge in [0.2, 0.25) is 0 Å². The van der Waals surface area contributed by atoms with E-state index >= 15 is 0 Å². The number of carbonyl (C=O) groups excluding carboxylic acids is 2. The molecule has 0 heterocycles. The molecule has 0 spiro atoms. The molecule has 0 radical (unpaired) electrons. The van der Waals surface area contributed by atoms with Crippen molar-refractivity contribution in [3.05, 3.63) is 97.2 Å². The van der Waals surface area contributed by atoms with Crippen LogP contribution < -0.4 is 0 Å². The molecule has 14 nitrogen and oxygen atoms in total. The van der Waals surface area contributed by atoms with Gasteiger partial charge in [0, 0.05) is 12.8 Å². The zero-order chi connectivity index (χ0) is 48.7. The number of esters is 2. The predicted octanol–water partition coefficient (Wildman–Crippen LogP) is 8.80. The van der Waals surface area contributed by atoms with Crippen LogP contribution in [0.3, 0.4) is 0 Å². The third-order valence-corrected chi connectivity index (χ3v) is 11.5. The summed E-state index contributed by atoms with van der Waals surface area (Å²) < 4.78 is 33.4. The number of carbonyl (C=O) groups is 2. The molecule has 0 aromatic heterocycles. The van der Waals surface area contributed by atoms with Gasteiger partial charge in [-0.25, -0.2) is 4.57 Å². The molecule has 1 aliphatic carbocycles. The van der Waals surface area contributed by atoms with E-state index in [0.717, 1.165) is 51.4 Å². The van der Waals surface area contributed by atoms with Crippen molar-refractivity contribution in [3.63, 3.8) is 0 Å². The number of hydrogen-bond acceptors (Lipinski definition) is 13. The second kappa shape index (κ2) is 39.7. The first-order valence-electron chi connectivity index (χ1n) is 24.1. The predicted molar refractivity (Wildman–Crippen MR) is 259 cm³/mol. The summed E-state index contributed by atoms with van der Waals surface area (Å²) in [6.07, 6.45) is 36.2. The van der Waals surface area contributed by atoms with Crippen molar-refractivity contribution in [2.75, 3.05) is 13.2 Å². The summed E-state index contributed by atoms with van der Waals surface area (Å²) >= 11 is 0. The summed E-state index contributed by atoms with van der Waals surface area (Å²) in [6, 6.07) is 0. The molecule has 1 saturated carbocycles. The Morgan fingerprint density at radius 3 is 1.58 bits per heavy atom. The number of phosphoric ester groups is 1. The Morgan fingerprint density at radius 2 is 1.02 bits per heavy atom. The van der Waals surface area contributed by atoms with Crippen molar-refractivity contribution in [1.82, 2.24) is 0 Å². The van der Waals surface area contributed by atoms with Gasteiger partial charge in [-0.1, -0.05) is 143 Å². The maximum atomic E-state index is 12.8. The van der Waals surface area contributed by atoms with Crippen molar-refractivity contribution < 1.29 is 68.2 Å². The largest absolute Gasteiger partial charge is 0.472 e. The Labute approximate surface area is 394 Å². The molecule has 7 N–H and O–H groups in total. The van der Waals surface area contributed by atoms with Crippen LogP contribution >= 0.6 is 7.82 Å². The zero-order valence-corrected chi connectivity index (χ0v) is 40.4. The lowest BCUT2D eigenvalue weighted by Crippen LogP contribution is -2.64. The third-order valence-electron chi connectivity index (χ3n) is 10.5. The minimum Gasteiger partial charge on any atom is -0.462 e. The number of hydrogen-bond donors (Lipinski definition) is 7. The van der Waals surface area contributed by atoms with Crippen molar-refractivity contribution in [2.24, 2.45) is 0 Å². The summed E-state index contributed by atoms with van der Waals surface area (Å²) in [5.74, 6) is -1.25. The first kappa shape index (κ1) is 60.7. The fourth-order valence-electron chi connectivity index (χ4n) is 6.52. The Balaban J connectivity index is 2.54. The number of unbranched alkanes of at least 4 members (excludes halogenated alkanes) is 10. The van der Waals surface area contributed by atoms with Gasteiger partial charge in [-0.2, -0.15) is 0 Å². The van der Waals surface area contributed by atoms with Crippen LogP contribution in [0.2, 0.25) is 0 Å². The first-order valence-corrected chi connectivity index (χ1v) is 25.6. The summed E-state index contributed by atoms with van der Waals surface area (Å²) in [4.78, 5) is 35.7. The quantitative estimate of drug-likeness (QED) is 0.0101. The van der Waals surface area contributed by atoms with Gasteiger partial charge in [0.05, 0.1) is 12.7 Å². The van der Waals surface area contributed by atoms with Crippen LogP contribution in [0.5, 0.6) is 0 Å². The van der Waals surface area contributed by atoms with Crippen molar-refractivity contribution in [2.45, 2.75) is 198 Å². The molecule has 0 aromatic rings. The van der Waals surface area contributed by atoms with E-state index in [9.17, 15) is 49.7 Å². The topological polar surface area (TPSA) is 230 Å². The lowest BCUT2D eigenvalue weighted by molar-refractivity contribution is -0.220. The van der Waals surface area contributed by atoms with Crippen molar-refractivity contribution >= 4 is 19.8 Å². The highest BCUT2D eigenvalue weighted by Gasteiger charge is 2.51. The molecular formula is C51H83O14P. The van der Waals surface area contributed by atoms with Gasteiger partial charge in [-0.3, -0.25) is 18.6 Å². The molecule has 0 amide bonds. The molecule has 1 aliphatic rings. The number of rotatable bonds is 38. The smallest absolute Gasteiger partial charge is 0.462 e. The van der Waals surface area contributed by atoms with Crippen LogP contribution in [-0.2, 0) is 32.7 Å². The molecule has 0 bridgehead atoms. The highest BCUT2D eigenvalue weighted by Crippen LogP contribution is 2.47. The summed E-state index contributed by atoms with van der Waals surface area (Å²) in [5, 5.41) is 60.3. The molecule has 0 saturated heterocycles. The molecule has 66 heavy (non-hydrogen) atoms. The Bertz CT molecular complexity index is 1540. The lowest BCUT2D eigenvalue weighted by Gasteiger charge is -2.41. The molecule has 1 rings (SSSR count). The van der Waals surface area contributed by atoms with Crippen LogP contribution in [-0.4, -0.2) is 110 Å². The first-order chi connectivity index (χ1) is 31.8. The van der Waals surface area contributed by atoms with E-state index in [1.807, 2.05) is 36.5 Å². The maximum Gasteiger partial charge on any atom is 0.472 e. The van der Waals surface area contributed by atoms with E-state index in [-0.39, 0.29) is 12.8 Å². The second-order valence-electron chi connectivity index (χ2n) is 16.5. The number of ether oxygens (including phenoxy) is 2. The minimum absolute atomic E-state index is 0.0263. The number of aliphatic hydroxyl groups excluding tert-OH is 6. The molecule has 376 valence electrons. The van der Waals surface area contributed by atoms with Gasteiger partial charge < -0.3 is 45.0 Å². The van der Waals surface area contributed by atoms with Gasteiger partial charge >= 0.3 is 19.8 Å². The van der Waals surface area contributed by atoms with E-state index in [0.29, 0.717) is 32.1 Å². The normalized spacial score (nSPS) is 22.6. The van der Waals surface area contributed by atoms with Gasteiger partial charge in [0.1, 0.15) is 43.2 Å². The summed E-state index contributed by atoms with van der Waals surface area (Å²) in [5.41, 5.74) is 0. The lowest BCUT2D eigenvalue weighted by atomic mass is 9.85.